The Morgan fingerprint density at radius 1 is 1.10 bits per heavy atom. The first-order valence-electron chi connectivity index (χ1n) is 6.06. The fourth-order valence-electron chi connectivity index (χ4n) is 1.60. The number of methoxy groups -OCH3 is 1. The maximum absolute atomic E-state index is 12.7. The Labute approximate surface area is 116 Å². The minimum absolute atomic E-state index is 0.271. The highest BCUT2D eigenvalue weighted by molar-refractivity contribution is 6.01. The Kier molecular flexibility index (Phi) is 4.50. The molecule has 0 unspecified atom stereocenters. The lowest BCUT2D eigenvalue weighted by Crippen LogP contribution is -2.07. The van der Waals surface area contributed by atoms with Crippen molar-refractivity contribution in [1.82, 2.24) is 0 Å². The van der Waals surface area contributed by atoms with Gasteiger partial charge in [-0.3, -0.25) is 4.79 Å². The molecule has 0 saturated carbocycles. The van der Waals surface area contributed by atoms with Crippen LogP contribution in [0.1, 0.15) is 5.56 Å². The third kappa shape index (κ3) is 3.95. The van der Waals surface area contributed by atoms with Gasteiger partial charge in [0.1, 0.15) is 11.6 Å². The summed E-state index contributed by atoms with van der Waals surface area (Å²) in [6.07, 6.45) is 3.11. The van der Waals surface area contributed by atoms with Crippen molar-refractivity contribution in [3.8, 4) is 5.75 Å². The lowest BCUT2D eigenvalue weighted by Gasteiger charge is -2.01. The molecule has 0 fully saturated rings. The predicted octanol–water partition coefficient (Wildman–Crippen LogP) is 3.49. The Hall–Kier alpha value is -2.62. The lowest BCUT2D eigenvalue weighted by molar-refractivity contribution is -0.111. The van der Waals surface area contributed by atoms with Gasteiger partial charge in [-0.05, 0) is 48.0 Å². The van der Waals surface area contributed by atoms with E-state index in [-0.39, 0.29) is 11.7 Å². The van der Waals surface area contributed by atoms with Gasteiger partial charge in [-0.1, -0.05) is 12.1 Å². The molecule has 2 aromatic carbocycles. The van der Waals surface area contributed by atoms with Crippen LogP contribution in [0.5, 0.6) is 5.75 Å². The van der Waals surface area contributed by atoms with Crippen molar-refractivity contribution in [2.45, 2.75) is 0 Å². The topological polar surface area (TPSA) is 38.3 Å². The number of hydrogen-bond donors (Lipinski definition) is 1. The van der Waals surface area contributed by atoms with Crippen molar-refractivity contribution in [3.05, 3.63) is 66.0 Å². The van der Waals surface area contributed by atoms with Crippen LogP contribution >= 0.6 is 0 Å². The molecule has 0 heterocycles. The SMILES string of the molecule is COc1ccc(/C=C\C(=O)Nc2ccc(F)cc2)cc1. The summed E-state index contributed by atoms with van der Waals surface area (Å²) in [5, 5.41) is 2.64. The van der Waals surface area contributed by atoms with Crippen molar-refractivity contribution in [1.29, 1.82) is 0 Å². The molecule has 2 rings (SSSR count). The molecule has 0 aliphatic heterocycles. The Balaban J connectivity index is 1.96. The zero-order valence-corrected chi connectivity index (χ0v) is 11.0. The number of nitrogens with one attached hydrogen (secondary N) is 1. The second-order valence-corrected chi connectivity index (χ2v) is 4.10. The number of amides is 1. The molecule has 0 saturated heterocycles. The molecule has 102 valence electrons. The highest BCUT2D eigenvalue weighted by Crippen LogP contribution is 2.12. The van der Waals surface area contributed by atoms with Gasteiger partial charge in [0.2, 0.25) is 5.91 Å². The van der Waals surface area contributed by atoms with Gasteiger partial charge in [0.05, 0.1) is 7.11 Å². The number of anilines is 1. The van der Waals surface area contributed by atoms with Gasteiger partial charge >= 0.3 is 0 Å². The van der Waals surface area contributed by atoms with Crippen LogP contribution in [0.4, 0.5) is 10.1 Å². The van der Waals surface area contributed by atoms with Gasteiger partial charge in [0.15, 0.2) is 0 Å². The summed E-state index contributed by atoms with van der Waals surface area (Å²) < 4.78 is 17.8. The van der Waals surface area contributed by atoms with Crippen LogP contribution in [0.25, 0.3) is 6.08 Å². The van der Waals surface area contributed by atoms with Crippen molar-refractivity contribution in [3.63, 3.8) is 0 Å². The lowest BCUT2D eigenvalue weighted by atomic mass is 10.2. The van der Waals surface area contributed by atoms with Crippen molar-refractivity contribution >= 4 is 17.7 Å². The summed E-state index contributed by atoms with van der Waals surface area (Å²) in [7, 11) is 1.60. The van der Waals surface area contributed by atoms with Gasteiger partial charge < -0.3 is 10.1 Å². The normalized spacial score (nSPS) is 10.5. The molecule has 1 N–H and O–H groups in total. The molecule has 0 bridgehead atoms. The fraction of sp³-hybridized carbons (Fsp3) is 0.0625. The third-order valence-corrected chi connectivity index (χ3v) is 2.65. The largest absolute Gasteiger partial charge is 0.497 e. The fourth-order valence-corrected chi connectivity index (χ4v) is 1.60. The number of rotatable bonds is 4. The molecule has 0 atom stereocenters. The zero-order valence-electron chi connectivity index (χ0n) is 11.0. The van der Waals surface area contributed by atoms with Crippen LogP contribution in [0.2, 0.25) is 0 Å². The van der Waals surface area contributed by atoms with Gasteiger partial charge in [-0.2, -0.15) is 0 Å². The van der Waals surface area contributed by atoms with Crippen molar-refractivity contribution < 1.29 is 13.9 Å². The molecule has 3 nitrogen and oxygen atoms in total. The van der Waals surface area contributed by atoms with E-state index in [4.69, 9.17) is 4.74 Å². The first-order valence-corrected chi connectivity index (χ1v) is 6.06. The van der Waals surface area contributed by atoms with E-state index < -0.39 is 0 Å². The number of hydrogen-bond acceptors (Lipinski definition) is 2. The van der Waals surface area contributed by atoms with E-state index in [0.29, 0.717) is 5.69 Å². The molecule has 20 heavy (non-hydrogen) atoms. The molecule has 0 radical (unpaired) electrons. The molecular weight excluding hydrogens is 257 g/mol. The summed E-state index contributed by atoms with van der Waals surface area (Å²) in [5.41, 5.74) is 1.44. The van der Waals surface area contributed by atoms with Gasteiger partial charge in [-0.15, -0.1) is 0 Å². The van der Waals surface area contributed by atoms with Crippen LogP contribution in [0.15, 0.2) is 54.6 Å². The predicted molar refractivity (Wildman–Crippen MR) is 77.1 cm³/mol. The maximum atomic E-state index is 12.7. The van der Waals surface area contributed by atoms with Crippen LogP contribution in [0, 0.1) is 5.82 Å². The smallest absolute Gasteiger partial charge is 0.248 e. The van der Waals surface area contributed by atoms with E-state index in [1.165, 1.54) is 30.3 Å². The standard InChI is InChI=1S/C16H14FNO2/c1-20-15-9-2-12(3-10-15)4-11-16(19)18-14-7-5-13(17)6-8-14/h2-11H,1H3,(H,18,19)/b11-4-. The molecule has 0 aliphatic rings. The van der Waals surface area contributed by atoms with Crippen LogP contribution in [-0.4, -0.2) is 13.0 Å². The average Bonchev–Trinajstić information content (AvgIpc) is 2.48. The molecule has 0 aromatic heterocycles. The van der Waals surface area contributed by atoms with E-state index >= 15 is 0 Å². The van der Waals surface area contributed by atoms with E-state index in [1.807, 2.05) is 24.3 Å². The Morgan fingerprint density at radius 3 is 2.35 bits per heavy atom. The maximum Gasteiger partial charge on any atom is 0.248 e. The van der Waals surface area contributed by atoms with Gasteiger partial charge in [-0.25, -0.2) is 4.39 Å². The van der Waals surface area contributed by atoms with Crippen LogP contribution in [-0.2, 0) is 4.79 Å². The minimum Gasteiger partial charge on any atom is -0.497 e. The van der Waals surface area contributed by atoms with E-state index in [1.54, 1.807) is 13.2 Å². The molecule has 4 heteroatoms. The summed E-state index contributed by atoms with van der Waals surface area (Å²) >= 11 is 0. The molecule has 2 aromatic rings. The molecule has 0 spiro atoms. The first kappa shape index (κ1) is 13.8. The van der Waals surface area contributed by atoms with E-state index in [2.05, 4.69) is 5.32 Å². The zero-order chi connectivity index (χ0) is 14.4. The van der Waals surface area contributed by atoms with E-state index in [0.717, 1.165) is 11.3 Å². The summed E-state index contributed by atoms with van der Waals surface area (Å²) in [5.74, 6) is 0.155. The summed E-state index contributed by atoms with van der Waals surface area (Å²) in [4.78, 5) is 11.7. The number of carbonyl (C=O) groups is 1. The van der Waals surface area contributed by atoms with Crippen LogP contribution in [0.3, 0.4) is 0 Å². The monoisotopic (exact) mass is 271 g/mol. The molecule has 1 amide bonds. The number of halogens is 1. The summed E-state index contributed by atoms with van der Waals surface area (Å²) in [6.45, 7) is 0. The second-order valence-electron chi connectivity index (χ2n) is 4.10. The number of ether oxygens (including phenoxy) is 1. The highest BCUT2D eigenvalue weighted by Gasteiger charge is 1.98. The number of carbonyl (C=O) groups excluding carboxylic acids is 1. The van der Waals surface area contributed by atoms with E-state index in [9.17, 15) is 9.18 Å². The molecule has 0 aliphatic carbocycles. The van der Waals surface area contributed by atoms with Crippen molar-refractivity contribution in [2.75, 3.05) is 12.4 Å². The second kappa shape index (κ2) is 6.52. The first-order chi connectivity index (χ1) is 9.67. The average molecular weight is 271 g/mol. The number of benzene rings is 2. The quantitative estimate of drug-likeness (QED) is 0.864. The van der Waals surface area contributed by atoms with Crippen molar-refractivity contribution in [2.24, 2.45) is 0 Å². The van der Waals surface area contributed by atoms with Crippen LogP contribution < -0.4 is 10.1 Å². The highest BCUT2D eigenvalue weighted by atomic mass is 19.1. The molecular formula is C16H14FNO2. The Bertz CT molecular complexity index is 603. The Morgan fingerprint density at radius 2 is 1.75 bits per heavy atom. The third-order valence-electron chi connectivity index (χ3n) is 2.65. The minimum atomic E-state index is -0.336. The van der Waals surface area contributed by atoms with Gasteiger partial charge in [0.25, 0.3) is 0 Å². The summed E-state index contributed by atoms with van der Waals surface area (Å²) in [6, 6.07) is 12.9. The van der Waals surface area contributed by atoms with Gasteiger partial charge in [0, 0.05) is 11.8 Å².